The Labute approximate surface area is 175 Å². The topological polar surface area (TPSA) is 72.4 Å². The summed E-state index contributed by atoms with van der Waals surface area (Å²) in [5.74, 6) is 1.88. The number of carbonyl (C=O) groups is 1. The summed E-state index contributed by atoms with van der Waals surface area (Å²) < 4.78 is 5.75. The monoisotopic (exact) mass is 439 g/mol. The van der Waals surface area contributed by atoms with E-state index in [0.29, 0.717) is 29.0 Å². The van der Waals surface area contributed by atoms with E-state index in [-0.39, 0.29) is 42.0 Å². The summed E-state index contributed by atoms with van der Waals surface area (Å²) in [6, 6.07) is 7.41. The van der Waals surface area contributed by atoms with Crippen LogP contribution in [0.2, 0.25) is 5.02 Å². The van der Waals surface area contributed by atoms with Gasteiger partial charge in [0.15, 0.2) is 5.76 Å². The zero-order valence-electron chi connectivity index (χ0n) is 14.8. The molecule has 26 heavy (non-hydrogen) atoms. The molecule has 0 saturated heterocycles. The van der Waals surface area contributed by atoms with Gasteiger partial charge in [0.25, 0.3) is 0 Å². The van der Waals surface area contributed by atoms with Gasteiger partial charge in [0.05, 0.1) is 17.2 Å². The van der Waals surface area contributed by atoms with Crippen molar-refractivity contribution in [3.05, 3.63) is 41.4 Å². The number of likely N-dealkylation sites (N-methyl/N-ethyl adjacent to an activating group) is 1. The maximum Gasteiger partial charge on any atom is 0.235 e. The summed E-state index contributed by atoms with van der Waals surface area (Å²) in [6.45, 7) is 4.27. The third-order valence-corrected chi connectivity index (χ3v) is 5.20. The van der Waals surface area contributed by atoms with Crippen LogP contribution in [0.1, 0.15) is 19.7 Å². The molecule has 9 heteroatoms. The van der Waals surface area contributed by atoms with Gasteiger partial charge in [-0.1, -0.05) is 11.6 Å². The Bertz CT molecular complexity index is 682. The molecule has 1 heterocycles. The highest BCUT2D eigenvalue weighted by atomic mass is 35.5. The Hall–Kier alpha value is -0.920. The molecule has 0 saturated carbocycles. The van der Waals surface area contributed by atoms with Gasteiger partial charge in [-0.3, -0.25) is 4.79 Å². The standard InChI is InChI=1S/C17H22ClN3O2S.2ClH/c1-11(8-19)21(3)17(22)12(2)24-10-16-20-9-15(23-16)13-4-6-14(18)7-5-13;;/h4-7,9,11-12H,8,10,19H2,1-3H3;2*1H. The molecular formula is C17H24Cl3N3O2S. The largest absolute Gasteiger partial charge is 0.440 e. The highest BCUT2D eigenvalue weighted by Crippen LogP contribution is 2.25. The molecule has 146 valence electrons. The molecule has 0 radical (unpaired) electrons. The first-order chi connectivity index (χ1) is 11.4. The predicted octanol–water partition coefficient (Wildman–Crippen LogP) is 4.27. The lowest BCUT2D eigenvalue weighted by Gasteiger charge is -2.26. The molecule has 0 spiro atoms. The summed E-state index contributed by atoms with van der Waals surface area (Å²) in [6.07, 6.45) is 1.69. The van der Waals surface area contributed by atoms with Gasteiger partial charge in [-0.25, -0.2) is 4.98 Å². The third-order valence-electron chi connectivity index (χ3n) is 3.84. The minimum absolute atomic E-state index is 0. The van der Waals surface area contributed by atoms with Gasteiger partial charge in [0.2, 0.25) is 11.8 Å². The van der Waals surface area contributed by atoms with E-state index >= 15 is 0 Å². The van der Waals surface area contributed by atoms with E-state index in [9.17, 15) is 4.79 Å². The Morgan fingerprint density at radius 2 is 1.92 bits per heavy atom. The molecule has 0 aliphatic rings. The number of nitrogens with two attached hydrogens (primary N) is 1. The number of hydrogen-bond acceptors (Lipinski definition) is 5. The van der Waals surface area contributed by atoms with Gasteiger partial charge in [-0.2, -0.15) is 0 Å². The predicted molar refractivity (Wildman–Crippen MR) is 113 cm³/mol. The quantitative estimate of drug-likeness (QED) is 0.696. The van der Waals surface area contributed by atoms with Crippen molar-refractivity contribution in [2.45, 2.75) is 30.9 Å². The van der Waals surface area contributed by atoms with E-state index in [1.165, 1.54) is 11.8 Å². The Morgan fingerprint density at radius 1 is 1.31 bits per heavy atom. The Morgan fingerprint density at radius 3 is 2.50 bits per heavy atom. The number of aromatic nitrogens is 1. The fourth-order valence-corrected chi connectivity index (χ4v) is 3.02. The van der Waals surface area contributed by atoms with Gasteiger partial charge >= 0.3 is 0 Å². The zero-order chi connectivity index (χ0) is 17.7. The highest BCUT2D eigenvalue weighted by Gasteiger charge is 2.21. The molecule has 2 rings (SSSR count). The van der Waals surface area contributed by atoms with E-state index in [1.54, 1.807) is 18.1 Å². The molecule has 0 aliphatic carbocycles. The molecule has 1 aromatic heterocycles. The van der Waals surface area contributed by atoms with Gasteiger partial charge in [-0.05, 0) is 38.1 Å². The molecule has 2 unspecified atom stereocenters. The summed E-state index contributed by atoms with van der Waals surface area (Å²) >= 11 is 7.38. The minimum atomic E-state index is -0.185. The van der Waals surface area contributed by atoms with Gasteiger partial charge < -0.3 is 15.1 Å². The fraction of sp³-hybridized carbons (Fsp3) is 0.412. The van der Waals surface area contributed by atoms with Crippen LogP contribution in [0.4, 0.5) is 0 Å². The molecule has 0 bridgehead atoms. The van der Waals surface area contributed by atoms with Crippen molar-refractivity contribution in [3.8, 4) is 11.3 Å². The van der Waals surface area contributed by atoms with Crippen LogP contribution in [0, 0.1) is 0 Å². The van der Waals surface area contributed by atoms with Gasteiger partial charge in [0, 0.05) is 30.2 Å². The maximum absolute atomic E-state index is 12.3. The number of benzene rings is 1. The number of carbonyl (C=O) groups excluding carboxylic acids is 1. The van der Waals surface area contributed by atoms with E-state index < -0.39 is 0 Å². The molecule has 2 atom stereocenters. The van der Waals surface area contributed by atoms with Crippen molar-refractivity contribution in [2.24, 2.45) is 5.73 Å². The first-order valence-corrected chi connectivity index (χ1v) is 9.14. The molecule has 1 amide bonds. The van der Waals surface area contributed by atoms with Crippen LogP contribution in [0.15, 0.2) is 34.9 Å². The second-order valence-corrected chi connectivity index (χ2v) is 7.38. The fourth-order valence-electron chi connectivity index (χ4n) is 2.05. The van der Waals surface area contributed by atoms with Crippen molar-refractivity contribution >= 4 is 54.1 Å². The summed E-state index contributed by atoms with van der Waals surface area (Å²) in [7, 11) is 1.78. The molecule has 2 aromatic rings. The lowest BCUT2D eigenvalue weighted by molar-refractivity contribution is -0.130. The van der Waals surface area contributed by atoms with Crippen molar-refractivity contribution in [1.82, 2.24) is 9.88 Å². The number of oxazole rings is 1. The van der Waals surface area contributed by atoms with E-state index in [2.05, 4.69) is 4.98 Å². The van der Waals surface area contributed by atoms with Crippen molar-refractivity contribution in [3.63, 3.8) is 0 Å². The number of amides is 1. The normalized spacial score (nSPS) is 12.5. The molecule has 0 aliphatic heterocycles. The lowest BCUT2D eigenvalue weighted by Crippen LogP contribution is -2.43. The molecule has 1 aromatic carbocycles. The Balaban J connectivity index is 0.00000312. The lowest BCUT2D eigenvalue weighted by atomic mass is 10.2. The SMILES string of the molecule is CC(SCc1ncc(-c2ccc(Cl)cc2)o1)C(=O)N(C)C(C)CN.Cl.Cl. The highest BCUT2D eigenvalue weighted by molar-refractivity contribution is 7.99. The van der Waals surface area contributed by atoms with Crippen LogP contribution < -0.4 is 5.73 Å². The van der Waals surface area contributed by atoms with Crippen molar-refractivity contribution in [2.75, 3.05) is 13.6 Å². The van der Waals surface area contributed by atoms with Crippen LogP contribution in [-0.2, 0) is 10.5 Å². The molecule has 2 N–H and O–H groups in total. The first-order valence-electron chi connectivity index (χ1n) is 7.71. The van der Waals surface area contributed by atoms with Gasteiger partial charge in [0.1, 0.15) is 0 Å². The van der Waals surface area contributed by atoms with Crippen LogP contribution >= 0.6 is 48.2 Å². The smallest absolute Gasteiger partial charge is 0.235 e. The molecular weight excluding hydrogens is 417 g/mol. The summed E-state index contributed by atoms with van der Waals surface area (Å²) in [4.78, 5) is 18.3. The van der Waals surface area contributed by atoms with Gasteiger partial charge in [-0.15, -0.1) is 36.6 Å². The average molecular weight is 441 g/mol. The number of thioether (sulfide) groups is 1. The average Bonchev–Trinajstić information content (AvgIpc) is 3.07. The molecule has 0 fully saturated rings. The maximum atomic E-state index is 12.3. The van der Waals surface area contributed by atoms with Crippen LogP contribution in [-0.4, -0.2) is 40.7 Å². The van der Waals surface area contributed by atoms with Crippen LogP contribution in [0.25, 0.3) is 11.3 Å². The van der Waals surface area contributed by atoms with E-state index in [1.807, 2.05) is 38.1 Å². The van der Waals surface area contributed by atoms with Crippen LogP contribution in [0.3, 0.4) is 0 Å². The van der Waals surface area contributed by atoms with E-state index in [0.717, 1.165) is 5.56 Å². The minimum Gasteiger partial charge on any atom is -0.440 e. The third kappa shape index (κ3) is 6.67. The Kier molecular flexibility index (Phi) is 11.3. The zero-order valence-corrected chi connectivity index (χ0v) is 18.1. The number of rotatable bonds is 7. The number of nitrogens with zero attached hydrogens (tertiary/aromatic N) is 2. The molecule has 5 nitrogen and oxygen atoms in total. The summed E-state index contributed by atoms with van der Waals surface area (Å²) in [5.41, 5.74) is 6.53. The second kappa shape index (κ2) is 11.7. The van der Waals surface area contributed by atoms with Crippen molar-refractivity contribution < 1.29 is 9.21 Å². The number of hydrogen-bond donors (Lipinski definition) is 1. The van der Waals surface area contributed by atoms with Crippen LogP contribution in [0.5, 0.6) is 0 Å². The van der Waals surface area contributed by atoms with E-state index in [4.69, 9.17) is 21.8 Å². The second-order valence-electron chi connectivity index (χ2n) is 5.61. The first kappa shape index (κ1) is 25.1. The number of halogens is 3. The van der Waals surface area contributed by atoms with Crippen molar-refractivity contribution in [1.29, 1.82) is 0 Å². The summed E-state index contributed by atoms with van der Waals surface area (Å²) in [5, 5.41) is 0.493.